The fourth-order valence-electron chi connectivity index (χ4n) is 2.31. The number of likely N-dealkylation sites (N-methyl/N-ethyl adjacent to an activating group) is 1. The van der Waals surface area contributed by atoms with Gasteiger partial charge >= 0.3 is 0 Å². The molecule has 0 spiro atoms. The number of hydrogen-bond donors (Lipinski definition) is 1. The molecule has 0 radical (unpaired) electrons. The first-order valence-electron chi connectivity index (χ1n) is 6.16. The van der Waals surface area contributed by atoms with E-state index in [-0.39, 0.29) is 18.6 Å². The number of likely N-dealkylation sites (tertiary alicyclic amines) is 1. The average Bonchev–Trinajstić information content (AvgIpc) is 2.29. The first-order chi connectivity index (χ1) is 7.60. The van der Waals surface area contributed by atoms with E-state index in [1.165, 1.54) is 0 Å². The summed E-state index contributed by atoms with van der Waals surface area (Å²) in [4.78, 5) is 16.1. The highest BCUT2D eigenvalue weighted by molar-refractivity contribution is 5.81. The molecule has 4 heteroatoms. The van der Waals surface area contributed by atoms with Gasteiger partial charge in [-0.05, 0) is 39.3 Å². The van der Waals surface area contributed by atoms with E-state index in [4.69, 9.17) is 5.11 Å². The summed E-state index contributed by atoms with van der Waals surface area (Å²) >= 11 is 0. The van der Waals surface area contributed by atoms with Crippen molar-refractivity contribution in [2.24, 2.45) is 5.92 Å². The predicted octanol–water partition coefficient (Wildman–Crippen LogP) is 0.557. The SMILES string of the molecule is CCC(C(=O)N1CCC(CO)CC1)N(C)C. The fourth-order valence-corrected chi connectivity index (χ4v) is 2.31. The third-order valence-electron chi connectivity index (χ3n) is 3.48. The third-order valence-corrected chi connectivity index (χ3v) is 3.48. The van der Waals surface area contributed by atoms with Crippen molar-refractivity contribution < 1.29 is 9.90 Å². The first-order valence-corrected chi connectivity index (χ1v) is 6.16. The minimum atomic E-state index is 0.00526. The summed E-state index contributed by atoms with van der Waals surface area (Å²) in [5, 5.41) is 9.05. The van der Waals surface area contributed by atoms with Crippen LogP contribution >= 0.6 is 0 Å². The van der Waals surface area contributed by atoms with Crippen molar-refractivity contribution in [1.82, 2.24) is 9.80 Å². The van der Waals surface area contributed by atoms with Crippen LogP contribution in [0, 0.1) is 5.92 Å². The maximum Gasteiger partial charge on any atom is 0.239 e. The smallest absolute Gasteiger partial charge is 0.239 e. The number of carbonyl (C=O) groups excluding carboxylic acids is 1. The van der Waals surface area contributed by atoms with Crippen LogP contribution < -0.4 is 0 Å². The Labute approximate surface area is 98.2 Å². The van der Waals surface area contributed by atoms with Gasteiger partial charge in [-0.15, -0.1) is 0 Å². The highest BCUT2D eigenvalue weighted by Gasteiger charge is 2.27. The zero-order valence-electron chi connectivity index (χ0n) is 10.6. The lowest BCUT2D eigenvalue weighted by molar-refractivity contribution is -0.137. The molecule has 1 rings (SSSR count). The Bertz CT molecular complexity index is 223. The Morgan fingerprint density at radius 2 is 2.00 bits per heavy atom. The number of aliphatic hydroxyl groups excluding tert-OH is 1. The molecule has 1 saturated heterocycles. The normalized spacial score (nSPS) is 20.2. The standard InChI is InChI=1S/C12H24N2O2/c1-4-11(13(2)3)12(16)14-7-5-10(9-15)6-8-14/h10-11,15H,4-9H2,1-3H3. The third kappa shape index (κ3) is 3.19. The van der Waals surface area contributed by atoms with Gasteiger partial charge in [0.25, 0.3) is 0 Å². The lowest BCUT2D eigenvalue weighted by Crippen LogP contribution is -2.48. The van der Waals surface area contributed by atoms with Crippen molar-refractivity contribution in [3.8, 4) is 0 Å². The Hall–Kier alpha value is -0.610. The van der Waals surface area contributed by atoms with Crippen LogP contribution in [0.1, 0.15) is 26.2 Å². The van der Waals surface area contributed by atoms with E-state index in [9.17, 15) is 4.79 Å². The van der Waals surface area contributed by atoms with E-state index in [1.54, 1.807) is 0 Å². The summed E-state index contributed by atoms with van der Waals surface area (Å²) in [5.41, 5.74) is 0. The van der Waals surface area contributed by atoms with Gasteiger partial charge in [0.15, 0.2) is 0 Å². The number of aliphatic hydroxyl groups is 1. The second kappa shape index (κ2) is 6.21. The molecule has 0 aromatic carbocycles. The van der Waals surface area contributed by atoms with Crippen LogP contribution in [-0.2, 0) is 4.79 Å². The molecule has 1 aliphatic rings. The van der Waals surface area contributed by atoms with Crippen LogP contribution in [-0.4, -0.2) is 60.6 Å². The first kappa shape index (κ1) is 13.5. The number of rotatable bonds is 4. The average molecular weight is 228 g/mol. The summed E-state index contributed by atoms with van der Waals surface area (Å²) in [7, 11) is 3.90. The number of piperidine rings is 1. The Morgan fingerprint density at radius 3 is 2.38 bits per heavy atom. The fraction of sp³-hybridized carbons (Fsp3) is 0.917. The van der Waals surface area contributed by atoms with Gasteiger partial charge in [0.05, 0.1) is 6.04 Å². The van der Waals surface area contributed by atoms with E-state index in [0.717, 1.165) is 32.4 Å². The van der Waals surface area contributed by atoms with Crippen molar-refractivity contribution in [3.63, 3.8) is 0 Å². The second-order valence-electron chi connectivity index (χ2n) is 4.84. The van der Waals surface area contributed by atoms with Crippen molar-refractivity contribution in [3.05, 3.63) is 0 Å². The van der Waals surface area contributed by atoms with Gasteiger partial charge in [0.1, 0.15) is 0 Å². The Morgan fingerprint density at radius 1 is 1.44 bits per heavy atom. The molecule has 4 nitrogen and oxygen atoms in total. The van der Waals surface area contributed by atoms with Gasteiger partial charge in [-0.1, -0.05) is 6.92 Å². The zero-order chi connectivity index (χ0) is 12.1. The minimum absolute atomic E-state index is 0.00526. The molecular formula is C12H24N2O2. The number of hydrogen-bond acceptors (Lipinski definition) is 3. The summed E-state index contributed by atoms with van der Waals surface area (Å²) in [6, 6.07) is 0.00526. The van der Waals surface area contributed by atoms with Gasteiger partial charge < -0.3 is 10.0 Å². The van der Waals surface area contributed by atoms with E-state index >= 15 is 0 Å². The van der Waals surface area contributed by atoms with Crippen molar-refractivity contribution in [2.45, 2.75) is 32.2 Å². The summed E-state index contributed by atoms with van der Waals surface area (Å²) in [6.07, 6.45) is 2.73. The monoisotopic (exact) mass is 228 g/mol. The largest absolute Gasteiger partial charge is 0.396 e. The number of carbonyl (C=O) groups is 1. The number of amides is 1. The van der Waals surface area contributed by atoms with Gasteiger partial charge in [-0.3, -0.25) is 9.69 Å². The second-order valence-corrected chi connectivity index (χ2v) is 4.84. The van der Waals surface area contributed by atoms with E-state index in [0.29, 0.717) is 5.92 Å². The van der Waals surface area contributed by atoms with Crippen molar-refractivity contribution in [1.29, 1.82) is 0 Å². The molecule has 1 aliphatic heterocycles. The Kier molecular flexibility index (Phi) is 5.22. The molecule has 1 N–H and O–H groups in total. The molecule has 16 heavy (non-hydrogen) atoms. The maximum atomic E-state index is 12.2. The molecule has 1 heterocycles. The quantitative estimate of drug-likeness (QED) is 0.764. The van der Waals surface area contributed by atoms with Crippen molar-refractivity contribution in [2.75, 3.05) is 33.8 Å². The lowest BCUT2D eigenvalue weighted by Gasteiger charge is -2.35. The molecule has 0 saturated carbocycles. The van der Waals surface area contributed by atoms with E-state index < -0.39 is 0 Å². The summed E-state index contributed by atoms with van der Waals surface area (Å²) in [6.45, 7) is 3.90. The predicted molar refractivity (Wildman–Crippen MR) is 64.2 cm³/mol. The van der Waals surface area contributed by atoms with Crippen LogP contribution in [0.3, 0.4) is 0 Å². The molecule has 1 amide bonds. The van der Waals surface area contributed by atoms with Gasteiger partial charge in [0, 0.05) is 19.7 Å². The summed E-state index contributed by atoms with van der Waals surface area (Å²) < 4.78 is 0. The van der Waals surface area contributed by atoms with Crippen molar-refractivity contribution >= 4 is 5.91 Å². The van der Waals surface area contributed by atoms with E-state index in [2.05, 4.69) is 0 Å². The molecule has 0 aromatic heterocycles. The van der Waals surface area contributed by atoms with Gasteiger partial charge in [0.2, 0.25) is 5.91 Å². The topological polar surface area (TPSA) is 43.8 Å². The van der Waals surface area contributed by atoms with Gasteiger partial charge in [-0.2, -0.15) is 0 Å². The number of nitrogens with zero attached hydrogens (tertiary/aromatic N) is 2. The van der Waals surface area contributed by atoms with Crippen LogP contribution in [0.4, 0.5) is 0 Å². The highest BCUT2D eigenvalue weighted by Crippen LogP contribution is 2.18. The minimum Gasteiger partial charge on any atom is -0.396 e. The molecule has 1 unspecified atom stereocenters. The van der Waals surface area contributed by atoms with Crippen LogP contribution in [0.25, 0.3) is 0 Å². The molecular weight excluding hydrogens is 204 g/mol. The highest BCUT2D eigenvalue weighted by atomic mass is 16.3. The maximum absolute atomic E-state index is 12.2. The molecule has 0 aliphatic carbocycles. The van der Waals surface area contributed by atoms with Crippen LogP contribution in [0.5, 0.6) is 0 Å². The molecule has 0 bridgehead atoms. The van der Waals surface area contributed by atoms with E-state index in [1.807, 2.05) is 30.8 Å². The zero-order valence-corrected chi connectivity index (χ0v) is 10.6. The molecule has 94 valence electrons. The Balaban J connectivity index is 2.49. The van der Waals surface area contributed by atoms with Crippen LogP contribution in [0.2, 0.25) is 0 Å². The molecule has 0 aromatic rings. The molecule has 1 atom stereocenters. The summed E-state index contributed by atoms with van der Waals surface area (Å²) in [5.74, 6) is 0.632. The molecule has 1 fully saturated rings. The van der Waals surface area contributed by atoms with Crippen LogP contribution in [0.15, 0.2) is 0 Å². The van der Waals surface area contributed by atoms with Gasteiger partial charge in [-0.25, -0.2) is 0 Å². The lowest BCUT2D eigenvalue weighted by atomic mass is 9.97.